The molecular weight excluding hydrogens is 178 g/mol. The maximum absolute atomic E-state index is 11.4. The molecule has 0 aliphatic rings. The van der Waals surface area contributed by atoms with Crippen LogP contribution in [0, 0.1) is 11.8 Å². The van der Waals surface area contributed by atoms with Crippen LogP contribution in [0.15, 0.2) is 12.5 Å². The fourth-order valence-electron chi connectivity index (χ4n) is 1.03. The van der Waals surface area contributed by atoms with Crippen molar-refractivity contribution < 1.29 is 4.79 Å². The van der Waals surface area contributed by atoms with Crippen molar-refractivity contribution in [1.29, 1.82) is 0 Å². The summed E-state index contributed by atoms with van der Waals surface area (Å²) >= 11 is 0. The fraction of sp³-hybridized carbons (Fsp3) is 0.400. The first-order valence-electron chi connectivity index (χ1n) is 4.42. The van der Waals surface area contributed by atoms with Gasteiger partial charge in [0.1, 0.15) is 5.69 Å². The van der Waals surface area contributed by atoms with Crippen LogP contribution >= 0.6 is 0 Å². The number of Topliss-reactive ketones (excluding diaryl/α,β-unsaturated/α-hetero) is 1. The lowest BCUT2D eigenvalue weighted by Crippen LogP contribution is -2.08. The maximum atomic E-state index is 11.4. The molecule has 1 aromatic heterocycles. The van der Waals surface area contributed by atoms with Crippen molar-refractivity contribution in [3.8, 4) is 11.8 Å². The largest absolute Gasteiger partial charge is 0.335 e. The van der Waals surface area contributed by atoms with Crippen molar-refractivity contribution in [2.24, 2.45) is 5.73 Å². The van der Waals surface area contributed by atoms with Gasteiger partial charge >= 0.3 is 0 Å². The van der Waals surface area contributed by atoms with E-state index < -0.39 is 0 Å². The predicted octanol–water partition coefficient (Wildman–Crippen LogP) is 0.438. The summed E-state index contributed by atoms with van der Waals surface area (Å²) in [5.74, 6) is 5.34. The van der Waals surface area contributed by atoms with Crippen LogP contribution in [-0.4, -0.2) is 21.9 Å². The van der Waals surface area contributed by atoms with Gasteiger partial charge in [-0.25, -0.2) is 4.98 Å². The molecule has 0 saturated heterocycles. The molecule has 0 amide bonds. The van der Waals surface area contributed by atoms with Crippen molar-refractivity contribution in [3.63, 3.8) is 0 Å². The molecule has 0 aromatic carbocycles. The van der Waals surface area contributed by atoms with Crippen LogP contribution in [0.2, 0.25) is 0 Å². The first-order valence-corrected chi connectivity index (χ1v) is 4.42. The second kappa shape index (κ2) is 5.20. The van der Waals surface area contributed by atoms with E-state index in [-0.39, 0.29) is 12.2 Å². The van der Waals surface area contributed by atoms with Crippen molar-refractivity contribution in [2.45, 2.75) is 19.9 Å². The summed E-state index contributed by atoms with van der Waals surface area (Å²) in [4.78, 5) is 15.4. The Morgan fingerprint density at radius 3 is 3.14 bits per heavy atom. The predicted molar refractivity (Wildman–Crippen MR) is 53.7 cm³/mol. The third-order valence-electron chi connectivity index (χ3n) is 1.73. The van der Waals surface area contributed by atoms with E-state index in [9.17, 15) is 4.79 Å². The number of rotatable bonds is 4. The number of hydrogen-bond donors (Lipinski definition) is 1. The number of hydrogen-bond acceptors (Lipinski definition) is 3. The van der Waals surface area contributed by atoms with Crippen LogP contribution < -0.4 is 5.73 Å². The highest BCUT2D eigenvalue weighted by atomic mass is 16.1. The maximum Gasteiger partial charge on any atom is 0.194 e. The molecule has 1 heterocycles. The zero-order valence-electron chi connectivity index (χ0n) is 8.16. The van der Waals surface area contributed by atoms with Crippen LogP contribution in [0.3, 0.4) is 0 Å². The third-order valence-corrected chi connectivity index (χ3v) is 1.73. The quantitative estimate of drug-likeness (QED) is 0.555. The first kappa shape index (κ1) is 10.5. The molecule has 0 radical (unpaired) electrons. The number of ketones is 1. The molecule has 1 aromatic rings. The van der Waals surface area contributed by atoms with Crippen molar-refractivity contribution >= 4 is 5.78 Å². The molecule has 74 valence electrons. The van der Waals surface area contributed by atoms with Crippen LogP contribution in [0.25, 0.3) is 0 Å². The van der Waals surface area contributed by atoms with Gasteiger partial charge in [-0.05, 0) is 6.92 Å². The number of carbonyl (C=O) groups excluding carboxylic acids is 1. The van der Waals surface area contributed by atoms with Gasteiger partial charge in [0, 0.05) is 19.3 Å². The highest BCUT2D eigenvalue weighted by Crippen LogP contribution is 1.99. The molecule has 4 heteroatoms. The van der Waals surface area contributed by atoms with E-state index in [1.54, 1.807) is 24.0 Å². The van der Waals surface area contributed by atoms with Crippen LogP contribution in [0.5, 0.6) is 0 Å². The van der Waals surface area contributed by atoms with Crippen LogP contribution in [-0.2, 0) is 6.54 Å². The molecule has 14 heavy (non-hydrogen) atoms. The van der Waals surface area contributed by atoms with Gasteiger partial charge in [-0.2, -0.15) is 0 Å². The third kappa shape index (κ3) is 2.71. The van der Waals surface area contributed by atoms with Crippen LogP contribution in [0.1, 0.15) is 23.8 Å². The zero-order chi connectivity index (χ0) is 10.4. The van der Waals surface area contributed by atoms with E-state index in [0.29, 0.717) is 18.8 Å². The lowest BCUT2D eigenvalue weighted by molar-refractivity contribution is 0.0994. The molecule has 0 aliphatic carbocycles. The van der Waals surface area contributed by atoms with Gasteiger partial charge in [-0.1, -0.05) is 5.92 Å². The van der Waals surface area contributed by atoms with Gasteiger partial charge in [0.05, 0.1) is 12.7 Å². The number of nitrogens with zero attached hydrogens (tertiary/aromatic N) is 2. The minimum atomic E-state index is -0.0462. The summed E-state index contributed by atoms with van der Waals surface area (Å²) < 4.78 is 1.80. The van der Waals surface area contributed by atoms with E-state index in [1.807, 2.05) is 0 Å². The van der Waals surface area contributed by atoms with Gasteiger partial charge in [-0.3, -0.25) is 4.79 Å². The average Bonchev–Trinajstić information content (AvgIpc) is 2.63. The Morgan fingerprint density at radius 2 is 2.50 bits per heavy atom. The Kier molecular flexibility index (Phi) is 3.89. The normalized spacial score (nSPS) is 9.29. The van der Waals surface area contributed by atoms with Gasteiger partial charge in [0.25, 0.3) is 0 Å². The monoisotopic (exact) mass is 191 g/mol. The summed E-state index contributed by atoms with van der Waals surface area (Å²) in [5.41, 5.74) is 5.83. The van der Waals surface area contributed by atoms with Crippen molar-refractivity contribution in [1.82, 2.24) is 9.55 Å². The lowest BCUT2D eigenvalue weighted by atomic mass is 10.2. The molecule has 0 saturated carbocycles. The van der Waals surface area contributed by atoms with Gasteiger partial charge in [0.15, 0.2) is 5.78 Å². The molecule has 0 unspecified atom stereocenters. The molecule has 0 atom stereocenters. The topological polar surface area (TPSA) is 60.9 Å². The van der Waals surface area contributed by atoms with E-state index >= 15 is 0 Å². The molecular formula is C10H13N3O. The highest BCUT2D eigenvalue weighted by Gasteiger charge is 2.06. The van der Waals surface area contributed by atoms with Crippen molar-refractivity contribution in [3.05, 3.63) is 18.2 Å². The molecule has 0 spiro atoms. The van der Waals surface area contributed by atoms with Gasteiger partial charge in [-0.15, -0.1) is 5.92 Å². The number of imidazole rings is 1. The minimum absolute atomic E-state index is 0.0462. The van der Waals surface area contributed by atoms with Gasteiger partial charge < -0.3 is 10.3 Å². The Morgan fingerprint density at radius 1 is 1.71 bits per heavy atom. The summed E-state index contributed by atoms with van der Waals surface area (Å²) in [6.07, 6.45) is 3.54. The highest BCUT2D eigenvalue weighted by molar-refractivity contribution is 5.95. The van der Waals surface area contributed by atoms with E-state index in [4.69, 9.17) is 5.73 Å². The minimum Gasteiger partial charge on any atom is -0.335 e. The van der Waals surface area contributed by atoms with Crippen molar-refractivity contribution in [2.75, 3.05) is 6.54 Å². The zero-order valence-corrected chi connectivity index (χ0v) is 8.16. The Labute approximate surface area is 83.1 Å². The second-order valence-electron chi connectivity index (χ2n) is 2.81. The first-order chi connectivity index (χ1) is 6.77. The Hall–Kier alpha value is -1.60. The number of carbonyl (C=O) groups is 1. The fourth-order valence-corrected chi connectivity index (χ4v) is 1.03. The molecule has 1 rings (SSSR count). The number of aromatic nitrogens is 2. The van der Waals surface area contributed by atoms with E-state index in [2.05, 4.69) is 16.8 Å². The summed E-state index contributed by atoms with van der Waals surface area (Å²) in [6, 6.07) is 0. The molecule has 0 bridgehead atoms. The Balaban J connectivity index is 2.64. The molecule has 4 nitrogen and oxygen atoms in total. The van der Waals surface area contributed by atoms with E-state index in [0.717, 1.165) is 0 Å². The SMILES string of the molecule is CC#CCC(=O)c1cn(CCN)cn1. The average molecular weight is 191 g/mol. The lowest BCUT2D eigenvalue weighted by Gasteiger charge is -1.94. The molecule has 0 fully saturated rings. The second-order valence-corrected chi connectivity index (χ2v) is 2.81. The summed E-state index contributed by atoms with van der Waals surface area (Å²) in [5, 5.41) is 0. The van der Waals surface area contributed by atoms with Crippen LogP contribution in [0.4, 0.5) is 0 Å². The Bertz CT molecular complexity index is 370. The standard InChI is InChI=1S/C10H13N3O/c1-2-3-4-10(14)9-7-13(6-5-11)8-12-9/h7-8H,4-6,11H2,1H3. The molecule has 2 N–H and O–H groups in total. The van der Waals surface area contributed by atoms with E-state index in [1.165, 1.54) is 0 Å². The molecule has 0 aliphatic heterocycles. The smallest absolute Gasteiger partial charge is 0.194 e. The van der Waals surface area contributed by atoms with Gasteiger partial charge in [0.2, 0.25) is 0 Å². The summed E-state index contributed by atoms with van der Waals surface area (Å²) in [7, 11) is 0. The number of nitrogens with two attached hydrogens (primary N) is 1. The summed E-state index contributed by atoms with van der Waals surface area (Å²) in [6.45, 7) is 2.93.